The van der Waals surface area contributed by atoms with Gasteiger partial charge in [-0.2, -0.15) is 10.4 Å². The van der Waals surface area contributed by atoms with E-state index < -0.39 is 22.7 Å². The molecule has 0 saturated carbocycles. The van der Waals surface area contributed by atoms with Gasteiger partial charge in [0.15, 0.2) is 6.20 Å². The van der Waals surface area contributed by atoms with Crippen molar-refractivity contribution in [1.82, 2.24) is 24.7 Å². The Hall–Kier alpha value is -4.24. The summed E-state index contributed by atoms with van der Waals surface area (Å²) in [5.41, 5.74) is 2.35. The van der Waals surface area contributed by atoms with Crippen LogP contribution in [0.1, 0.15) is 29.8 Å². The van der Waals surface area contributed by atoms with Crippen LogP contribution in [0.25, 0.3) is 11.3 Å². The van der Waals surface area contributed by atoms with Crippen LogP contribution in [0.4, 0.5) is 10.2 Å². The third-order valence-corrected chi connectivity index (χ3v) is 5.26. The zero-order chi connectivity index (χ0) is 24.2. The molecule has 4 aromatic rings. The number of hydrogen-bond donors (Lipinski definition) is 0. The van der Waals surface area contributed by atoms with Crippen molar-refractivity contribution in [2.24, 2.45) is 0 Å². The standard InChI is InChI=1S/C22H15BrFN7O3/c1-13(34-20-6-15(23)10-28-22(20)31(32)33)18-7-16(24)2-3-17(18)21-19(26-4-5-27-21)12-30-11-14(8-25)9-29-30/h2-7,9-11,13H,12H2,1H3. The summed E-state index contributed by atoms with van der Waals surface area (Å²) in [5.74, 6) is -1.03. The first-order valence-corrected chi connectivity index (χ1v) is 10.6. The number of benzene rings is 1. The van der Waals surface area contributed by atoms with Gasteiger partial charge in [0.25, 0.3) is 0 Å². The molecule has 3 heterocycles. The van der Waals surface area contributed by atoms with Gasteiger partial charge in [-0.15, -0.1) is 0 Å². The molecule has 0 N–H and O–H groups in total. The van der Waals surface area contributed by atoms with Crippen LogP contribution in [0.15, 0.2) is 59.7 Å². The van der Waals surface area contributed by atoms with E-state index in [1.165, 1.54) is 43.0 Å². The summed E-state index contributed by atoms with van der Waals surface area (Å²) in [7, 11) is 0. The smallest absolute Gasteiger partial charge is 0.406 e. The van der Waals surface area contributed by atoms with Gasteiger partial charge in [0, 0.05) is 35.8 Å². The molecular formula is C22H15BrFN7O3. The van der Waals surface area contributed by atoms with Crippen molar-refractivity contribution in [3.63, 3.8) is 0 Å². The first-order valence-electron chi connectivity index (χ1n) is 9.84. The normalized spacial score (nSPS) is 11.6. The van der Waals surface area contributed by atoms with E-state index in [1.54, 1.807) is 23.9 Å². The van der Waals surface area contributed by atoms with E-state index in [2.05, 4.69) is 36.0 Å². The van der Waals surface area contributed by atoms with Crippen molar-refractivity contribution in [2.45, 2.75) is 19.6 Å². The summed E-state index contributed by atoms with van der Waals surface area (Å²) in [6.45, 7) is 1.86. The predicted molar refractivity (Wildman–Crippen MR) is 121 cm³/mol. The Balaban J connectivity index is 1.74. The van der Waals surface area contributed by atoms with Gasteiger partial charge in [0.2, 0.25) is 5.75 Å². The maximum atomic E-state index is 14.3. The Labute approximate surface area is 201 Å². The maximum absolute atomic E-state index is 14.3. The van der Waals surface area contributed by atoms with E-state index in [9.17, 15) is 14.5 Å². The van der Waals surface area contributed by atoms with Crippen molar-refractivity contribution in [2.75, 3.05) is 0 Å². The van der Waals surface area contributed by atoms with Gasteiger partial charge in [-0.25, -0.2) is 4.39 Å². The second-order valence-electron chi connectivity index (χ2n) is 7.11. The van der Waals surface area contributed by atoms with Crippen LogP contribution in [0.3, 0.4) is 0 Å². The number of rotatable bonds is 7. The van der Waals surface area contributed by atoms with Crippen LogP contribution in [0.5, 0.6) is 5.75 Å². The second kappa shape index (κ2) is 9.72. The number of nitro groups is 1. The summed E-state index contributed by atoms with van der Waals surface area (Å²) in [6, 6.07) is 7.57. The molecule has 170 valence electrons. The Bertz CT molecular complexity index is 1420. The van der Waals surface area contributed by atoms with Gasteiger partial charge in [-0.1, -0.05) is 0 Å². The third kappa shape index (κ3) is 4.89. The Kier molecular flexibility index (Phi) is 6.55. The number of ether oxygens (including phenoxy) is 1. The van der Waals surface area contributed by atoms with E-state index in [4.69, 9.17) is 10.00 Å². The minimum absolute atomic E-state index is 0.0676. The largest absolute Gasteiger partial charge is 0.478 e. The van der Waals surface area contributed by atoms with Crippen LogP contribution >= 0.6 is 15.9 Å². The number of nitrogens with zero attached hydrogens (tertiary/aromatic N) is 7. The number of aromatic nitrogens is 5. The van der Waals surface area contributed by atoms with Crippen molar-refractivity contribution >= 4 is 21.7 Å². The third-order valence-electron chi connectivity index (χ3n) is 4.83. The lowest BCUT2D eigenvalue weighted by Crippen LogP contribution is -2.10. The van der Waals surface area contributed by atoms with E-state index in [-0.39, 0.29) is 12.3 Å². The monoisotopic (exact) mass is 523 g/mol. The van der Waals surface area contributed by atoms with Crippen molar-refractivity contribution < 1.29 is 14.1 Å². The molecule has 0 bridgehead atoms. The Morgan fingerprint density at radius 1 is 1.26 bits per heavy atom. The minimum atomic E-state index is -0.801. The molecule has 1 aromatic carbocycles. The summed E-state index contributed by atoms with van der Waals surface area (Å²) < 4.78 is 22.2. The first-order chi connectivity index (χ1) is 16.4. The van der Waals surface area contributed by atoms with E-state index >= 15 is 0 Å². The van der Waals surface area contributed by atoms with Gasteiger partial charge in [0.05, 0.1) is 34.2 Å². The van der Waals surface area contributed by atoms with Gasteiger partial charge in [-0.05, 0) is 51.0 Å². The lowest BCUT2D eigenvalue weighted by Gasteiger charge is -2.19. The van der Waals surface area contributed by atoms with Crippen molar-refractivity contribution in [3.8, 4) is 23.1 Å². The molecule has 0 aliphatic rings. The quantitative estimate of drug-likeness (QED) is 0.253. The van der Waals surface area contributed by atoms with Crippen molar-refractivity contribution in [3.05, 3.63) is 92.5 Å². The molecule has 0 aliphatic carbocycles. The number of nitriles is 1. The summed E-state index contributed by atoms with van der Waals surface area (Å²) >= 11 is 3.23. The molecule has 0 spiro atoms. The average Bonchev–Trinajstić information content (AvgIpc) is 3.27. The van der Waals surface area contributed by atoms with E-state index in [0.29, 0.717) is 32.6 Å². The highest BCUT2D eigenvalue weighted by molar-refractivity contribution is 9.10. The Morgan fingerprint density at radius 2 is 2.06 bits per heavy atom. The molecule has 0 aliphatic heterocycles. The minimum Gasteiger partial charge on any atom is -0.478 e. The van der Waals surface area contributed by atoms with Crippen LogP contribution < -0.4 is 4.74 Å². The van der Waals surface area contributed by atoms with Crippen LogP contribution in [0, 0.1) is 27.3 Å². The maximum Gasteiger partial charge on any atom is 0.406 e. The fourth-order valence-electron chi connectivity index (χ4n) is 3.35. The summed E-state index contributed by atoms with van der Waals surface area (Å²) in [5, 5.41) is 24.6. The Morgan fingerprint density at radius 3 is 2.79 bits per heavy atom. The fraction of sp³-hybridized carbons (Fsp3) is 0.136. The molecule has 0 saturated heterocycles. The summed E-state index contributed by atoms with van der Waals surface area (Å²) in [4.78, 5) is 23.3. The zero-order valence-electron chi connectivity index (χ0n) is 17.6. The highest BCUT2D eigenvalue weighted by Crippen LogP contribution is 2.35. The second-order valence-corrected chi connectivity index (χ2v) is 8.03. The topological polar surface area (TPSA) is 133 Å². The molecule has 34 heavy (non-hydrogen) atoms. The van der Waals surface area contributed by atoms with E-state index in [0.717, 1.165) is 0 Å². The molecule has 1 unspecified atom stereocenters. The van der Waals surface area contributed by atoms with Crippen LogP contribution in [-0.4, -0.2) is 29.7 Å². The molecule has 4 rings (SSSR count). The molecule has 10 nitrogen and oxygen atoms in total. The van der Waals surface area contributed by atoms with Gasteiger partial charge >= 0.3 is 5.82 Å². The SMILES string of the molecule is CC(Oc1cc(Br)cnc1[N+](=O)[O-])c1cc(F)ccc1-c1nccnc1Cn1cc(C#N)cn1. The fourth-order valence-corrected chi connectivity index (χ4v) is 3.66. The summed E-state index contributed by atoms with van der Waals surface area (Å²) in [6.07, 6.45) is 6.54. The van der Waals surface area contributed by atoms with Gasteiger partial charge in [-0.3, -0.25) is 14.6 Å². The lowest BCUT2D eigenvalue weighted by molar-refractivity contribution is -0.390. The van der Waals surface area contributed by atoms with Gasteiger partial charge < -0.3 is 14.9 Å². The molecule has 0 radical (unpaired) electrons. The van der Waals surface area contributed by atoms with Crippen molar-refractivity contribution in [1.29, 1.82) is 5.26 Å². The van der Waals surface area contributed by atoms with Crippen LogP contribution in [0.2, 0.25) is 0 Å². The number of pyridine rings is 1. The molecule has 0 amide bonds. The average molecular weight is 524 g/mol. The molecule has 1 atom stereocenters. The number of halogens is 2. The number of hydrogen-bond acceptors (Lipinski definition) is 8. The highest BCUT2D eigenvalue weighted by atomic mass is 79.9. The highest BCUT2D eigenvalue weighted by Gasteiger charge is 2.23. The first kappa shape index (κ1) is 22.9. The predicted octanol–water partition coefficient (Wildman–Crippen LogP) is 4.60. The molecule has 3 aromatic heterocycles. The van der Waals surface area contributed by atoms with Crippen LogP contribution in [-0.2, 0) is 6.54 Å². The zero-order valence-corrected chi connectivity index (χ0v) is 19.2. The van der Waals surface area contributed by atoms with Gasteiger partial charge in [0.1, 0.15) is 18.0 Å². The van der Waals surface area contributed by atoms with E-state index in [1.807, 2.05) is 6.07 Å². The molecule has 0 fully saturated rings. The molecular weight excluding hydrogens is 509 g/mol. The lowest BCUT2D eigenvalue weighted by atomic mass is 9.98. The molecule has 12 heteroatoms.